The number of aliphatic carboxylic acids is 1. The molecule has 0 saturated carbocycles. The second kappa shape index (κ2) is 49.7. The van der Waals surface area contributed by atoms with Crippen molar-refractivity contribution in [1.29, 1.82) is 0 Å². The predicted octanol–water partition coefficient (Wildman–Crippen LogP) is 6.84. The molecule has 0 radical (unpaired) electrons. The van der Waals surface area contributed by atoms with Crippen molar-refractivity contribution in [3.05, 3.63) is 24.3 Å². The van der Waals surface area contributed by atoms with Crippen LogP contribution in [0.4, 0.5) is 0 Å². The lowest BCUT2D eigenvalue weighted by atomic mass is 9.88. The Bertz CT molecular complexity index is 1960. The molecule has 18 unspecified atom stereocenters. The van der Waals surface area contributed by atoms with Gasteiger partial charge in [0.15, 0.2) is 12.6 Å². The van der Waals surface area contributed by atoms with E-state index in [2.05, 4.69) is 36.6 Å². The van der Waals surface area contributed by atoms with Crippen molar-refractivity contribution in [1.82, 2.24) is 10.6 Å². The highest BCUT2D eigenvalue weighted by Crippen LogP contribution is 2.39. The fourth-order valence-corrected chi connectivity index (χ4v) is 12.4. The Kier molecular flexibility index (Phi) is 45.1. The van der Waals surface area contributed by atoms with Crippen LogP contribution in [0.1, 0.15) is 258 Å². The number of aliphatic hydroxyl groups is 11. The molecule has 0 bridgehead atoms. The number of amides is 2. The van der Waals surface area contributed by atoms with Crippen LogP contribution in [-0.4, -0.2) is 215 Å². The molecule has 2 amide bonds. The average Bonchev–Trinajstić information content (AvgIpc) is 0.767. The summed E-state index contributed by atoms with van der Waals surface area (Å²) in [5, 5.41) is 136. The Morgan fingerprint density at radius 2 is 1.02 bits per heavy atom. The largest absolute Gasteiger partial charge is 0.477 e. The minimum absolute atomic E-state index is 0.196. The smallest absolute Gasteiger partial charge is 0.364 e. The van der Waals surface area contributed by atoms with E-state index < -0.39 is 155 Å². The number of rotatable bonds is 54. The quantitative estimate of drug-likeness (QED) is 0.0219. The Labute approximate surface area is 549 Å². The van der Waals surface area contributed by atoms with E-state index in [1.165, 1.54) is 141 Å². The third kappa shape index (κ3) is 31.6. The van der Waals surface area contributed by atoms with Gasteiger partial charge in [0.1, 0.15) is 67.1 Å². The van der Waals surface area contributed by atoms with Gasteiger partial charge in [-0.2, -0.15) is 0 Å². The number of unbranched alkanes of at least 4 members (excludes halogenated alkanes) is 32. The Balaban J connectivity index is 1.59. The van der Waals surface area contributed by atoms with Gasteiger partial charge in [-0.1, -0.05) is 218 Å². The highest BCUT2D eigenvalue weighted by molar-refractivity contribution is 5.77. The number of carbonyl (C=O) groups excluding carboxylic acids is 2. The fourth-order valence-electron chi connectivity index (χ4n) is 12.4. The number of nitrogens with one attached hydrogen (secondary N) is 2. The van der Waals surface area contributed by atoms with Crippen LogP contribution in [0.2, 0.25) is 0 Å². The summed E-state index contributed by atoms with van der Waals surface area (Å²) in [6.07, 6.45) is 20.7. The zero-order valence-corrected chi connectivity index (χ0v) is 56.2. The lowest BCUT2D eigenvalue weighted by Gasteiger charge is -2.50. The standard InChI is InChI=1S/C69H126N2O21/c1-4-6-8-10-12-14-16-18-20-22-23-24-25-27-29-31-33-35-37-39-41-43-56(79)71-50(51(76)42-40-38-36-34-32-30-28-26-21-19-17-15-13-11-9-7-5-2)48-87-66-61(83)60(82)63(55(47-74)89-66)90-67-62(84)65(59(81)54(46-73)88-67)92-69(68(85)86)44-52(77)57(70-49(3)75)64(91-69)58(80)53(78)45-72/h24-25,40,42,50-55,57-67,72-74,76-78,80-84H,4-23,26-39,41,43-48H2,1-3H3,(H,70,75)(H,71,79)(H,85,86)/b25-24-,42-40+. The first-order chi connectivity index (χ1) is 44.4. The van der Waals surface area contributed by atoms with Crippen LogP contribution < -0.4 is 10.6 Å². The van der Waals surface area contributed by atoms with Crippen LogP contribution in [0.5, 0.6) is 0 Å². The van der Waals surface area contributed by atoms with E-state index >= 15 is 0 Å². The van der Waals surface area contributed by atoms with E-state index in [0.29, 0.717) is 12.8 Å². The number of allylic oxidation sites excluding steroid dienone is 3. The number of hydrogen-bond acceptors (Lipinski definition) is 20. The van der Waals surface area contributed by atoms with Crippen molar-refractivity contribution in [3.63, 3.8) is 0 Å². The van der Waals surface area contributed by atoms with E-state index in [9.17, 15) is 75.7 Å². The Morgan fingerprint density at radius 3 is 1.48 bits per heavy atom. The summed E-state index contributed by atoms with van der Waals surface area (Å²) >= 11 is 0. The van der Waals surface area contributed by atoms with E-state index in [1.807, 2.05) is 6.08 Å². The molecule has 23 heteroatoms. The minimum atomic E-state index is -3.08. The lowest BCUT2D eigenvalue weighted by molar-refractivity contribution is -0.386. The van der Waals surface area contributed by atoms with Gasteiger partial charge in [0, 0.05) is 19.8 Å². The molecule has 3 aliphatic heterocycles. The van der Waals surface area contributed by atoms with Crippen molar-refractivity contribution in [2.45, 2.75) is 368 Å². The number of carbonyl (C=O) groups is 3. The first-order valence-corrected chi connectivity index (χ1v) is 35.7. The summed E-state index contributed by atoms with van der Waals surface area (Å²) in [6.45, 7) is 2.15. The zero-order valence-electron chi connectivity index (χ0n) is 56.2. The third-order valence-electron chi connectivity index (χ3n) is 18.1. The van der Waals surface area contributed by atoms with E-state index in [4.69, 9.17) is 28.4 Å². The number of carboxylic acid groups (broad SMARTS) is 1. The normalized spacial score (nSPS) is 28.3. The lowest BCUT2D eigenvalue weighted by Crippen LogP contribution is -2.70. The average molecular weight is 1320 g/mol. The van der Waals surface area contributed by atoms with E-state index in [-0.39, 0.29) is 12.3 Å². The van der Waals surface area contributed by atoms with Crippen LogP contribution >= 0.6 is 0 Å². The van der Waals surface area contributed by atoms with Crippen molar-refractivity contribution < 1.29 is 104 Å². The van der Waals surface area contributed by atoms with Gasteiger partial charge in [0.25, 0.3) is 5.79 Å². The summed E-state index contributed by atoms with van der Waals surface area (Å²) in [5.74, 6) is -6.15. The van der Waals surface area contributed by atoms with Gasteiger partial charge in [-0.25, -0.2) is 4.79 Å². The summed E-state index contributed by atoms with van der Waals surface area (Å²) < 4.78 is 34.8. The van der Waals surface area contributed by atoms with Crippen LogP contribution in [0.3, 0.4) is 0 Å². The molecular formula is C69H126N2O21. The van der Waals surface area contributed by atoms with Crippen LogP contribution in [0.25, 0.3) is 0 Å². The van der Waals surface area contributed by atoms with Crippen LogP contribution in [0, 0.1) is 0 Å². The molecule has 3 heterocycles. The molecule has 0 aromatic heterocycles. The summed E-state index contributed by atoms with van der Waals surface area (Å²) in [5.41, 5.74) is 0. The second-order valence-corrected chi connectivity index (χ2v) is 26.1. The summed E-state index contributed by atoms with van der Waals surface area (Å²) in [6, 6.07) is -2.62. The molecule has 0 aromatic carbocycles. The molecule has 538 valence electrons. The Hall–Kier alpha value is -2.79. The predicted molar refractivity (Wildman–Crippen MR) is 348 cm³/mol. The van der Waals surface area contributed by atoms with Gasteiger partial charge >= 0.3 is 5.97 Å². The van der Waals surface area contributed by atoms with Crippen LogP contribution in [0.15, 0.2) is 24.3 Å². The third-order valence-corrected chi connectivity index (χ3v) is 18.1. The molecule has 0 aliphatic carbocycles. The van der Waals surface area contributed by atoms with Gasteiger partial charge in [0.2, 0.25) is 11.8 Å². The van der Waals surface area contributed by atoms with E-state index in [0.717, 1.165) is 77.6 Å². The monoisotopic (exact) mass is 1320 g/mol. The topological polar surface area (TPSA) is 373 Å². The van der Waals surface area contributed by atoms with Gasteiger partial charge in [0.05, 0.1) is 50.7 Å². The number of carboxylic acids is 1. The second-order valence-electron chi connectivity index (χ2n) is 26.1. The maximum absolute atomic E-state index is 13.5. The molecule has 92 heavy (non-hydrogen) atoms. The van der Waals surface area contributed by atoms with Crippen LogP contribution in [-0.2, 0) is 42.8 Å². The molecule has 18 atom stereocenters. The first kappa shape index (κ1) is 83.4. The molecule has 0 aromatic rings. The molecule has 3 aliphatic rings. The number of aliphatic hydroxyl groups excluding tert-OH is 11. The molecule has 23 nitrogen and oxygen atoms in total. The maximum atomic E-state index is 13.5. The zero-order chi connectivity index (χ0) is 67.5. The van der Waals surface area contributed by atoms with Gasteiger partial charge in [-0.15, -0.1) is 0 Å². The Morgan fingerprint density at radius 1 is 0.565 bits per heavy atom. The highest BCUT2D eigenvalue weighted by atomic mass is 16.8. The SMILES string of the molecule is CCCCCCCCCCCC/C=C\CCCCCCCCCC(=O)NC(COC1OC(CO)C(OC2OC(CO)C(O)C(OC3(C(=O)O)CC(O)C(NC(C)=O)C(C(O)C(O)CO)O3)C2O)C(O)C1O)C(O)/C=C/CCCCCCCCCCCCCCCCC. The fraction of sp³-hybridized carbons (Fsp3) is 0.899. The first-order valence-electron chi connectivity index (χ1n) is 35.7. The number of ether oxygens (including phenoxy) is 6. The van der Waals surface area contributed by atoms with Crippen molar-refractivity contribution in [2.75, 3.05) is 26.4 Å². The summed E-state index contributed by atoms with van der Waals surface area (Å²) in [4.78, 5) is 38.6. The highest BCUT2D eigenvalue weighted by Gasteiger charge is 2.60. The molecule has 3 rings (SSSR count). The molecule has 0 spiro atoms. The van der Waals surface area contributed by atoms with Gasteiger partial charge in [-0.05, 0) is 44.9 Å². The number of hydrogen-bond donors (Lipinski definition) is 14. The maximum Gasteiger partial charge on any atom is 0.364 e. The molecule has 3 saturated heterocycles. The molecule has 14 N–H and O–H groups in total. The molecular weight excluding hydrogens is 1190 g/mol. The van der Waals surface area contributed by atoms with Gasteiger partial charge < -0.3 is 100 Å². The summed E-state index contributed by atoms with van der Waals surface area (Å²) in [7, 11) is 0. The van der Waals surface area contributed by atoms with Crippen molar-refractivity contribution in [2.24, 2.45) is 0 Å². The van der Waals surface area contributed by atoms with Crippen molar-refractivity contribution in [3.8, 4) is 0 Å². The van der Waals surface area contributed by atoms with E-state index in [1.54, 1.807) is 6.08 Å². The van der Waals surface area contributed by atoms with Crippen molar-refractivity contribution >= 4 is 17.8 Å². The molecule has 3 fully saturated rings. The minimum Gasteiger partial charge on any atom is -0.477 e. The van der Waals surface area contributed by atoms with Gasteiger partial charge in [-0.3, -0.25) is 9.59 Å².